The Morgan fingerprint density at radius 3 is 2.65 bits per heavy atom. The fourth-order valence-electron chi connectivity index (χ4n) is 1.80. The second-order valence-electron chi connectivity index (χ2n) is 3.84. The topological polar surface area (TPSA) is 35.5 Å². The fraction of sp³-hybridized carbons (Fsp3) is 0.0714. The van der Waals surface area contributed by atoms with Crippen LogP contribution in [-0.4, -0.2) is 5.97 Å². The van der Waals surface area contributed by atoms with Gasteiger partial charge in [0.15, 0.2) is 0 Å². The summed E-state index contributed by atoms with van der Waals surface area (Å²) in [5.74, 6) is 1.92. The van der Waals surface area contributed by atoms with E-state index in [1.165, 1.54) is 0 Å². The summed E-state index contributed by atoms with van der Waals surface area (Å²) in [7, 11) is 0. The van der Waals surface area contributed by atoms with Gasteiger partial charge in [0.2, 0.25) is 0 Å². The van der Waals surface area contributed by atoms with Gasteiger partial charge in [-0.05, 0) is 30.3 Å². The summed E-state index contributed by atoms with van der Waals surface area (Å²) in [4.78, 5) is 11.1. The SMILES string of the molecule is O=C1Cc2cc(Oc3ccccc3)ccc2O1. The number of hydrogen-bond donors (Lipinski definition) is 0. The fourth-order valence-corrected chi connectivity index (χ4v) is 1.80. The number of carbonyl (C=O) groups is 1. The van der Waals surface area contributed by atoms with Crippen molar-refractivity contribution in [1.82, 2.24) is 0 Å². The summed E-state index contributed by atoms with van der Waals surface area (Å²) in [6.45, 7) is 0. The Morgan fingerprint density at radius 2 is 1.82 bits per heavy atom. The molecule has 0 aliphatic carbocycles. The van der Waals surface area contributed by atoms with Crippen LogP contribution in [0.5, 0.6) is 17.2 Å². The number of carbonyl (C=O) groups excluding carboxylic acids is 1. The second-order valence-corrected chi connectivity index (χ2v) is 3.84. The highest BCUT2D eigenvalue weighted by atomic mass is 16.5. The Labute approximate surface area is 98.6 Å². The van der Waals surface area contributed by atoms with E-state index in [1.807, 2.05) is 36.4 Å². The molecule has 1 aliphatic rings. The molecule has 3 heteroatoms. The number of esters is 1. The zero-order chi connectivity index (χ0) is 11.7. The largest absolute Gasteiger partial charge is 0.457 e. The smallest absolute Gasteiger partial charge is 0.315 e. The van der Waals surface area contributed by atoms with Crippen LogP contribution in [0.2, 0.25) is 0 Å². The molecule has 17 heavy (non-hydrogen) atoms. The van der Waals surface area contributed by atoms with Crippen molar-refractivity contribution in [3.8, 4) is 17.2 Å². The monoisotopic (exact) mass is 226 g/mol. The van der Waals surface area contributed by atoms with E-state index in [1.54, 1.807) is 12.1 Å². The van der Waals surface area contributed by atoms with E-state index in [9.17, 15) is 4.79 Å². The third kappa shape index (κ3) is 1.99. The lowest BCUT2D eigenvalue weighted by Crippen LogP contribution is -2.00. The van der Waals surface area contributed by atoms with E-state index in [0.29, 0.717) is 17.9 Å². The molecule has 1 aliphatic heterocycles. The third-order valence-electron chi connectivity index (χ3n) is 2.57. The van der Waals surface area contributed by atoms with Gasteiger partial charge in [0.1, 0.15) is 17.2 Å². The summed E-state index contributed by atoms with van der Waals surface area (Å²) >= 11 is 0. The van der Waals surface area contributed by atoms with Gasteiger partial charge in [-0.3, -0.25) is 4.79 Å². The molecule has 0 N–H and O–H groups in total. The van der Waals surface area contributed by atoms with Gasteiger partial charge >= 0.3 is 5.97 Å². The Hall–Kier alpha value is -2.29. The summed E-state index contributed by atoms with van der Waals surface area (Å²) in [5.41, 5.74) is 0.878. The molecule has 0 fully saturated rings. The molecule has 0 spiro atoms. The van der Waals surface area contributed by atoms with E-state index in [4.69, 9.17) is 9.47 Å². The van der Waals surface area contributed by atoms with Crippen molar-refractivity contribution in [2.24, 2.45) is 0 Å². The van der Waals surface area contributed by atoms with E-state index >= 15 is 0 Å². The van der Waals surface area contributed by atoms with Gasteiger partial charge in [-0.2, -0.15) is 0 Å². The molecule has 0 saturated heterocycles. The Balaban J connectivity index is 1.86. The highest BCUT2D eigenvalue weighted by Gasteiger charge is 2.20. The molecule has 3 rings (SSSR count). The molecule has 0 unspecified atom stereocenters. The van der Waals surface area contributed by atoms with Crippen LogP contribution in [0.4, 0.5) is 0 Å². The minimum absolute atomic E-state index is 0.211. The van der Waals surface area contributed by atoms with Gasteiger partial charge in [0.05, 0.1) is 6.42 Å². The molecule has 0 amide bonds. The maximum Gasteiger partial charge on any atom is 0.315 e. The average molecular weight is 226 g/mol. The predicted octanol–water partition coefficient (Wildman–Crippen LogP) is 2.94. The maximum absolute atomic E-state index is 11.1. The number of ether oxygens (including phenoxy) is 2. The lowest BCUT2D eigenvalue weighted by Gasteiger charge is -2.06. The molecule has 84 valence electrons. The van der Waals surface area contributed by atoms with E-state index in [0.717, 1.165) is 11.3 Å². The van der Waals surface area contributed by atoms with E-state index in [2.05, 4.69) is 0 Å². The van der Waals surface area contributed by atoms with Crippen molar-refractivity contribution >= 4 is 5.97 Å². The first-order valence-electron chi connectivity index (χ1n) is 5.38. The molecule has 2 aromatic carbocycles. The van der Waals surface area contributed by atoms with Crippen molar-refractivity contribution in [3.63, 3.8) is 0 Å². The molecule has 0 atom stereocenters. The average Bonchev–Trinajstić information content (AvgIpc) is 2.70. The molecule has 0 saturated carbocycles. The Morgan fingerprint density at radius 1 is 1.00 bits per heavy atom. The first kappa shape index (κ1) is 9.90. The Kier molecular flexibility index (Phi) is 2.29. The number of fused-ring (bicyclic) bond motifs is 1. The lowest BCUT2D eigenvalue weighted by atomic mass is 10.1. The Bertz CT molecular complexity index is 561. The molecule has 0 bridgehead atoms. The standard InChI is InChI=1S/C14H10O3/c15-14-9-10-8-12(6-7-13(10)17-14)16-11-4-2-1-3-5-11/h1-8H,9H2. The van der Waals surface area contributed by atoms with Gasteiger partial charge in [-0.1, -0.05) is 18.2 Å². The number of hydrogen-bond acceptors (Lipinski definition) is 3. The molecule has 1 heterocycles. The van der Waals surface area contributed by atoms with Crippen LogP contribution in [0.3, 0.4) is 0 Å². The lowest BCUT2D eigenvalue weighted by molar-refractivity contribution is -0.131. The second kappa shape index (κ2) is 3.94. The summed E-state index contributed by atoms with van der Waals surface area (Å²) in [6, 6.07) is 14.9. The van der Waals surface area contributed by atoms with Crippen molar-refractivity contribution in [3.05, 3.63) is 54.1 Å². The van der Waals surface area contributed by atoms with Gasteiger partial charge in [-0.15, -0.1) is 0 Å². The quantitative estimate of drug-likeness (QED) is 0.583. The van der Waals surface area contributed by atoms with Crippen LogP contribution in [0.25, 0.3) is 0 Å². The normalized spacial score (nSPS) is 13.1. The van der Waals surface area contributed by atoms with Crippen LogP contribution in [-0.2, 0) is 11.2 Å². The highest BCUT2D eigenvalue weighted by Crippen LogP contribution is 2.31. The number of rotatable bonds is 2. The van der Waals surface area contributed by atoms with Crippen LogP contribution < -0.4 is 9.47 Å². The first-order valence-corrected chi connectivity index (χ1v) is 5.38. The van der Waals surface area contributed by atoms with Crippen molar-refractivity contribution < 1.29 is 14.3 Å². The van der Waals surface area contributed by atoms with Gasteiger partial charge in [-0.25, -0.2) is 0 Å². The van der Waals surface area contributed by atoms with Crippen molar-refractivity contribution in [1.29, 1.82) is 0 Å². The third-order valence-corrected chi connectivity index (χ3v) is 2.57. The van der Waals surface area contributed by atoms with Gasteiger partial charge < -0.3 is 9.47 Å². The zero-order valence-electron chi connectivity index (χ0n) is 9.05. The number of benzene rings is 2. The maximum atomic E-state index is 11.1. The molecular weight excluding hydrogens is 216 g/mol. The number of para-hydroxylation sites is 1. The minimum Gasteiger partial charge on any atom is -0.457 e. The summed E-state index contributed by atoms with van der Waals surface area (Å²) in [5, 5.41) is 0. The zero-order valence-corrected chi connectivity index (χ0v) is 9.05. The predicted molar refractivity (Wildman–Crippen MR) is 62.3 cm³/mol. The highest BCUT2D eigenvalue weighted by molar-refractivity contribution is 5.81. The molecular formula is C14H10O3. The van der Waals surface area contributed by atoms with Crippen LogP contribution in [0, 0.1) is 0 Å². The van der Waals surface area contributed by atoms with Gasteiger partial charge in [0.25, 0.3) is 0 Å². The molecule has 2 aromatic rings. The molecule has 3 nitrogen and oxygen atoms in total. The van der Waals surface area contributed by atoms with E-state index in [-0.39, 0.29) is 5.97 Å². The minimum atomic E-state index is -0.211. The summed E-state index contributed by atoms with van der Waals surface area (Å²) < 4.78 is 10.7. The van der Waals surface area contributed by atoms with Crippen molar-refractivity contribution in [2.45, 2.75) is 6.42 Å². The van der Waals surface area contributed by atoms with E-state index < -0.39 is 0 Å². The van der Waals surface area contributed by atoms with Crippen LogP contribution in [0.15, 0.2) is 48.5 Å². The van der Waals surface area contributed by atoms with Gasteiger partial charge in [0, 0.05) is 5.56 Å². The summed E-state index contributed by atoms with van der Waals surface area (Å²) in [6.07, 6.45) is 0.321. The van der Waals surface area contributed by atoms with Crippen molar-refractivity contribution in [2.75, 3.05) is 0 Å². The molecule has 0 aromatic heterocycles. The van der Waals surface area contributed by atoms with Crippen LogP contribution in [0.1, 0.15) is 5.56 Å². The van der Waals surface area contributed by atoms with Crippen LogP contribution >= 0.6 is 0 Å². The molecule has 0 radical (unpaired) electrons. The first-order chi connectivity index (χ1) is 8.31.